The van der Waals surface area contributed by atoms with Crippen LogP contribution in [0.5, 0.6) is 0 Å². The second-order valence-electron chi connectivity index (χ2n) is 4.26. The smallest absolute Gasteiger partial charge is 0.341 e. The first-order chi connectivity index (χ1) is 9.95. The van der Waals surface area contributed by atoms with Gasteiger partial charge in [0.2, 0.25) is 5.91 Å². The van der Waals surface area contributed by atoms with E-state index in [2.05, 4.69) is 21.2 Å². The first kappa shape index (κ1) is 15.0. The van der Waals surface area contributed by atoms with Crippen molar-refractivity contribution in [2.45, 2.75) is 6.54 Å². The number of hydrogen-bond donors (Lipinski definition) is 2. The molecule has 0 radical (unpaired) electrons. The standard InChI is InChI=1S/C14H11BrN2O4/c15-9-1-3-10(4-2-9)16-13(19)8-17-6-5-12(18)11(7-17)14(20)21/h1-7H,8H2,(H,16,19)(H,20,21). The maximum Gasteiger partial charge on any atom is 0.341 e. The number of hydrogen-bond acceptors (Lipinski definition) is 3. The van der Waals surface area contributed by atoms with E-state index in [0.29, 0.717) is 5.69 Å². The lowest BCUT2D eigenvalue weighted by atomic mass is 10.2. The van der Waals surface area contributed by atoms with E-state index in [4.69, 9.17) is 5.11 Å². The Bertz CT molecular complexity index is 737. The first-order valence-corrected chi connectivity index (χ1v) is 6.74. The molecule has 0 saturated heterocycles. The molecule has 0 aliphatic carbocycles. The second-order valence-corrected chi connectivity index (χ2v) is 5.17. The molecule has 0 fully saturated rings. The molecular formula is C14H11BrN2O4. The van der Waals surface area contributed by atoms with E-state index < -0.39 is 11.4 Å². The van der Waals surface area contributed by atoms with Crippen molar-refractivity contribution in [1.82, 2.24) is 4.57 Å². The molecule has 0 bridgehead atoms. The van der Waals surface area contributed by atoms with Crippen LogP contribution < -0.4 is 10.7 Å². The molecule has 0 aliphatic heterocycles. The number of rotatable bonds is 4. The topological polar surface area (TPSA) is 88.4 Å². The van der Waals surface area contributed by atoms with Crippen LogP contribution in [-0.2, 0) is 11.3 Å². The SMILES string of the molecule is O=C(Cn1ccc(=O)c(C(=O)O)c1)Nc1ccc(Br)cc1. The average Bonchev–Trinajstić information content (AvgIpc) is 2.43. The minimum absolute atomic E-state index is 0.0867. The van der Waals surface area contributed by atoms with Crippen LogP contribution in [0.15, 0.2) is 52.0 Å². The highest BCUT2D eigenvalue weighted by molar-refractivity contribution is 9.10. The summed E-state index contributed by atoms with van der Waals surface area (Å²) in [5.41, 5.74) is -0.330. The third-order valence-corrected chi connectivity index (χ3v) is 3.19. The van der Waals surface area contributed by atoms with Gasteiger partial charge in [-0.05, 0) is 24.3 Å². The summed E-state index contributed by atoms with van der Waals surface area (Å²) in [6.07, 6.45) is 2.52. The Balaban J connectivity index is 2.09. The lowest BCUT2D eigenvalue weighted by molar-refractivity contribution is -0.116. The molecule has 1 aromatic carbocycles. The molecule has 0 aliphatic rings. The van der Waals surface area contributed by atoms with E-state index >= 15 is 0 Å². The number of amides is 1. The molecule has 2 rings (SSSR count). The third kappa shape index (κ3) is 4.03. The number of halogens is 1. The highest BCUT2D eigenvalue weighted by Crippen LogP contribution is 2.14. The summed E-state index contributed by atoms with van der Waals surface area (Å²) in [6.45, 7) is -0.0867. The van der Waals surface area contributed by atoms with E-state index in [0.717, 1.165) is 16.7 Å². The van der Waals surface area contributed by atoms with Crippen LogP contribution in [0.2, 0.25) is 0 Å². The molecule has 0 unspecified atom stereocenters. The van der Waals surface area contributed by atoms with Crippen LogP contribution in [-0.4, -0.2) is 21.6 Å². The highest BCUT2D eigenvalue weighted by atomic mass is 79.9. The average molecular weight is 351 g/mol. The lowest BCUT2D eigenvalue weighted by Gasteiger charge is -2.08. The van der Waals surface area contributed by atoms with Crippen molar-refractivity contribution in [3.05, 3.63) is 63.0 Å². The van der Waals surface area contributed by atoms with Crippen LogP contribution in [0.3, 0.4) is 0 Å². The Kier molecular flexibility index (Phi) is 4.54. The second kappa shape index (κ2) is 6.36. The number of nitrogens with one attached hydrogen (secondary N) is 1. The van der Waals surface area contributed by atoms with Gasteiger partial charge < -0.3 is 15.0 Å². The number of carbonyl (C=O) groups is 2. The molecule has 21 heavy (non-hydrogen) atoms. The third-order valence-electron chi connectivity index (χ3n) is 2.66. The Labute approximate surface area is 128 Å². The molecule has 6 nitrogen and oxygen atoms in total. The summed E-state index contributed by atoms with van der Waals surface area (Å²) >= 11 is 3.29. The van der Waals surface area contributed by atoms with Gasteiger partial charge in [-0.3, -0.25) is 9.59 Å². The van der Waals surface area contributed by atoms with E-state index in [1.165, 1.54) is 10.8 Å². The van der Waals surface area contributed by atoms with Gasteiger partial charge in [-0.15, -0.1) is 0 Å². The monoisotopic (exact) mass is 350 g/mol. The Morgan fingerprint density at radius 3 is 2.48 bits per heavy atom. The number of benzene rings is 1. The summed E-state index contributed by atoms with van der Waals surface area (Å²) in [7, 11) is 0. The molecule has 1 aromatic heterocycles. The maximum absolute atomic E-state index is 11.9. The zero-order valence-electron chi connectivity index (χ0n) is 10.7. The molecule has 2 N–H and O–H groups in total. The number of pyridine rings is 1. The number of carboxylic acid groups (broad SMARTS) is 1. The predicted octanol–water partition coefficient (Wildman–Crippen LogP) is 1.95. The van der Waals surface area contributed by atoms with E-state index in [-0.39, 0.29) is 18.0 Å². The quantitative estimate of drug-likeness (QED) is 0.881. The summed E-state index contributed by atoms with van der Waals surface area (Å²) < 4.78 is 2.24. The Morgan fingerprint density at radius 2 is 1.86 bits per heavy atom. The van der Waals surface area contributed by atoms with Crippen LogP contribution in [0.1, 0.15) is 10.4 Å². The number of aromatic nitrogens is 1. The molecule has 1 heterocycles. The zero-order valence-corrected chi connectivity index (χ0v) is 12.3. The summed E-state index contributed by atoms with van der Waals surface area (Å²) in [4.78, 5) is 34.1. The number of aromatic carboxylic acids is 1. The number of anilines is 1. The van der Waals surface area contributed by atoms with Gasteiger partial charge in [-0.2, -0.15) is 0 Å². The lowest BCUT2D eigenvalue weighted by Crippen LogP contribution is -2.22. The fourth-order valence-corrected chi connectivity index (χ4v) is 1.95. The van der Waals surface area contributed by atoms with Gasteiger partial charge in [0.15, 0.2) is 5.43 Å². The molecule has 0 saturated carbocycles. The van der Waals surface area contributed by atoms with Gasteiger partial charge in [0.1, 0.15) is 12.1 Å². The molecule has 108 valence electrons. The molecule has 1 amide bonds. The van der Waals surface area contributed by atoms with Gasteiger partial charge in [-0.25, -0.2) is 4.79 Å². The van der Waals surface area contributed by atoms with Gasteiger partial charge >= 0.3 is 5.97 Å². The molecular weight excluding hydrogens is 340 g/mol. The van der Waals surface area contributed by atoms with Crippen LogP contribution in [0.25, 0.3) is 0 Å². The predicted molar refractivity (Wildman–Crippen MR) is 80.4 cm³/mol. The Morgan fingerprint density at radius 1 is 1.19 bits per heavy atom. The summed E-state index contributed by atoms with van der Waals surface area (Å²) in [6, 6.07) is 8.16. The van der Waals surface area contributed by atoms with Crippen molar-refractivity contribution in [3.8, 4) is 0 Å². The van der Waals surface area contributed by atoms with Crippen LogP contribution in [0, 0.1) is 0 Å². The van der Waals surface area contributed by atoms with Crippen molar-refractivity contribution in [1.29, 1.82) is 0 Å². The first-order valence-electron chi connectivity index (χ1n) is 5.94. The van der Waals surface area contributed by atoms with Gasteiger partial charge in [0, 0.05) is 28.6 Å². The number of carbonyl (C=O) groups excluding carboxylic acids is 1. The largest absolute Gasteiger partial charge is 0.477 e. The maximum atomic E-state index is 11.9. The van der Waals surface area contributed by atoms with E-state index in [1.54, 1.807) is 24.3 Å². The Hall–Kier alpha value is -2.41. The van der Waals surface area contributed by atoms with E-state index in [9.17, 15) is 14.4 Å². The van der Waals surface area contributed by atoms with Crippen molar-refractivity contribution in [2.75, 3.05) is 5.32 Å². The van der Waals surface area contributed by atoms with Crippen molar-refractivity contribution < 1.29 is 14.7 Å². The number of carboxylic acids is 1. The fraction of sp³-hybridized carbons (Fsp3) is 0.0714. The van der Waals surface area contributed by atoms with Gasteiger partial charge in [0.05, 0.1) is 0 Å². The fourth-order valence-electron chi connectivity index (χ4n) is 1.68. The molecule has 0 atom stereocenters. The summed E-state index contributed by atoms with van der Waals surface area (Å²) in [5.74, 6) is -1.64. The molecule has 0 spiro atoms. The minimum Gasteiger partial charge on any atom is -0.477 e. The highest BCUT2D eigenvalue weighted by Gasteiger charge is 2.10. The molecule has 7 heteroatoms. The van der Waals surface area contributed by atoms with Crippen molar-refractivity contribution in [3.63, 3.8) is 0 Å². The van der Waals surface area contributed by atoms with Crippen molar-refractivity contribution >= 4 is 33.5 Å². The van der Waals surface area contributed by atoms with Crippen LogP contribution in [0.4, 0.5) is 5.69 Å². The van der Waals surface area contributed by atoms with Crippen molar-refractivity contribution in [2.24, 2.45) is 0 Å². The van der Waals surface area contributed by atoms with Crippen LogP contribution >= 0.6 is 15.9 Å². The van der Waals surface area contributed by atoms with Gasteiger partial charge in [0.25, 0.3) is 0 Å². The number of nitrogens with zero attached hydrogens (tertiary/aromatic N) is 1. The zero-order chi connectivity index (χ0) is 15.4. The van der Waals surface area contributed by atoms with E-state index in [1.807, 2.05) is 0 Å². The molecule has 2 aromatic rings. The van der Waals surface area contributed by atoms with Gasteiger partial charge in [-0.1, -0.05) is 15.9 Å². The summed E-state index contributed by atoms with van der Waals surface area (Å²) in [5, 5.41) is 11.5. The normalized spacial score (nSPS) is 10.1. The minimum atomic E-state index is -1.32.